The van der Waals surface area contributed by atoms with Crippen molar-refractivity contribution < 1.29 is 4.92 Å². The van der Waals surface area contributed by atoms with E-state index in [-0.39, 0.29) is 11.2 Å². The van der Waals surface area contributed by atoms with Gasteiger partial charge in [0, 0.05) is 6.07 Å². The predicted molar refractivity (Wildman–Crippen MR) is 98.2 cm³/mol. The van der Waals surface area contributed by atoms with E-state index < -0.39 is 4.92 Å². The topological polar surface area (TPSA) is 77.5 Å². The van der Waals surface area contributed by atoms with Crippen LogP contribution in [0.3, 0.4) is 0 Å². The highest BCUT2D eigenvalue weighted by Gasteiger charge is 2.14. The van der Waals surface area contributed by atoms with Gasteiger partial charge in [0.25, 0.3) is 11.2 Å². The minimum Gasteiger partial charge on any atom is -0.267 e. The van der Waals surface area contributed by atoms with E-state index >= 15 is 0 Å². The van der Waals surface area contributed by atoms with Crippen molar-refractivity contribution in [3.05, 3.63) is 78.1 Å². The average Bonchev–Trinajstić information content (AvgIpc) is 3.05. The summed E-state index contributed by atoms with van der Waals surface area (Å²) in [6.07, 6.45) is 1.56. The summed E-state index contributed by atoms with van der Waals surface area (Å²) in [7, 11) is 0. The smallest absolute Gasteiger partial charge is 0.267 e. The van der Waals surface area contributed by atoms with Gasteiger partial charge in [-0.2, -0.15) is 0 Å². The number of benzene rings is 2. The van der Waals surface area contributed by atoms with Crippen molar-refractivity contribution in [2.24, 2.45) is 0 Å². The molecular formula is C18H13N3O3S. The monoisotopic (exact) mass is 351 g/mol. The van der Waals surface area contributed by atoms with Gasteiger partial charge in [-0.05, 0) is 49.2 Å². The molecule has 7 heteroatoms. The largest absolute Gasteiger partial charge is 0.276 e. The predicted octanol–water partition coefficient (Wildman–Crippen LogP) is 2.98. The zero-order valence-electron chi connectivity index (χ0n) is 13.5. The van der Waals surface area contributed by atoms with Crippen LogP contribution in [0.2, 0.25) is 0 Å². The molecule has 2 aromatic carbocycles. The normalized spacial score (nSPS) is 12.3. The minimum absolute atomic E-state index is 0.0238. The van der Waals surface area contributed by atoms with E-state index in [1.807, 2.05) is 26.0 Å². The lowest BCUT2D eigenvalue weighted by atomic mass is 10.1. The Labute approximate surface area is 145 Å². The zero-order chi connectivity index (χ0) is 17.7. The molecule has 0 radical (unpaired) electrons. The number of fused-ring (bicyclic) bond motifs is 3. The first-order chi connectivity index (χ1) is 12.0. The maximum Gasteiger partial charge on any atom is 0.276 e. The van der Waals surface area contributed by atoms with E-state index in [4.69, 9.17) is 0 Å². The number of para-hydroxylation sites is 1. The maximum absolute atomic E-state index is 12.8. The highest BCUT2D eigenvalue weighted by molar-refractivity contribution is 7.15. The number of rotatable bonds is 2. The van der Waals surface area contributed by atoms with E-state index in [2.05, 4.69) is 4.98 Å². The summed E-state index contributed by atoms with van der Waals surface area (Å²) in [6, 6.07) is 10.3. The quantitative estimate of drug-likeness (QED) is 0.411. The van der Waals surface area contributed by atoms with Crippen LogP contribution in [0.1, 0.15) is 16.7 Å². The second kappa shape index (κ2) is 5.49. The Balaban J connectivity index is 2.02. The Morgan fingerprint density at radius 3 is 2.68 bits per heavy atom. The van der Waals surface area contributed by atoms with E-state index in [1.54, 1.807) is 28.7 Å². The Morgan fingerprint density at radius 1 is 1.20 bits per heavy atom. The van der Waals surface area contributed by atoms with E-state index in [9.17, 15) is 14.9 Å². The molecule has 0 fully saturated rings. The van der Waals surface area contributed by atoms with Crippen molar-refractivity contribution in [2.75, 3.05) is 0 Å². The van der Waals surface area contributed by atoms with E-state index in [0.29, 0.717) is 15.1 Å². The molecule has 0 saturated heterocycles. The van der Waals surface area contributed by atoms with Crippen LogP contribution in [0.15, 0.2) is 41.2 Å². The van der Waals surface area contributed by atoms with Crippen LogP contribution < -0.4 is 10.1 Å². The lowest BCUT2D eigenvalue weighted by Crippen LogP contribution is -2.22. The molecule has 0 bridgehead atoms. The third-order valence-corrected chi connectivity index (χ3v) is 5.24. The molecule has 0 N–H and O–H groups in total. The lowest BCUT2D eigenvalue weighted by Gasteiger charge is -1.98. The van der Waals surface area contributed by atoms with Crippen LogP contribution in [0, 0.1) is 24.0 Å². The highest BCUT2D eigenvalue weighted by atomic mass is 32.1. The minimum atomic E-state index is -0.448. The van der Waals surface area contributed by atoms with Gasteiger partial charge in [-0.3, -0.25) is 14.9 Å². The van der Waals surface area contributed by atoms with Gasteiger partial charge in [0.1, 0.15) is 0 Å². The molecule has 2 heterocycles. The van der Waals surface area contributed by atoms with Crippen molar-refractivity contribution in [1.29, 1.82) is 0 Å². The fourth-order valence-corrected chi connectivity index (χ4v) is 3.81. The number of nitro benzene ring substituents is 1. The second-order valence-electron chi connectivity index (χ2n) is 5.89. The van der Waals surface area contributed by atoms with Crippen LogP contribution >= 0.6 is 11.3 Å². The van der Waals surface area contributed by atoms with Gasteiger partial charge in [0.15, 0.2) is 4.96 Å². The van der Waals surface area contributed by atoms with Crippen molar-refractivity contribution >= 4 is 39.1 Å². The Hall–Kier alpha value is -3.06. The average molecular weight is 351 g/mol. The van der Waals surface area contributed by atoms with Gasteiger partial charge in [0.2, 0.25) is 0 Å². The fraction of sp³-hybridized carbons (Fsp3) is 0.111. The first-order valence-electron chi connectivity index (χ1n) is 7.63. The Morgan fingerprint density at radius 2 is 1.92 bits per heavy atom. The van der Waals surface area contributed by atoms with E-state index in [0.717, 1.165) is 22.2 Å². The number of hydrogen-bond donors (Lipinski definition) is 0. The van der Waals surface area contributed by atoms with Crippen molar-refractivity contribution in [3.8, 4) is 0 Å². The van der Waals surface area contributed by atoms with Gasteiger partial charge < -0.3 is 0 Å². The molecule has 124 valence electrons. The van der Waals surface area contributed by atoms with Crippen LogP contribution in [0.4, 0.5) is 5.69 Å². The molecule has 4 aromatic rings. The van der Waals surface area contributed by atoms with Crippen molar-refractivity contribution in [2.45, 2.75) is 13.8 Å². The first-order valence-corrected chi connectivity index (χ1v) is 8.45. The number of hydrogen-bond acceptors (Lipinski definition) is 5. The van der Waals surface area contributed by atoms with Crippen LogP contribution in [-0.4, -0.2) is 14.3 Å². The van der Waals surface area contributed by atoms with Crippen molar-refractivity contribution in [1.82, 2.24) is 9.38 Å². The molecule has 0 saturated carbocycles. The lowest BCUT2D eigenvalue weighted by molar-refractivity contribution is -0.385. The molecular weight excluding hydrogens is 338 g/mol. The third-order valence-electron chi connectivity index (χ3n) is 4.27. The van der Waals surface area contributed by atoms with Gasteiger partial charge in [-0.1, -0.05) is 23.5 Å². The number of aromatic nitrogens is 2. The summed E-state index contributed by atoms with van der Waals surface area (Å²) >= 11 is 1.24. The molecule has 0 aliphatic rings. The number of aryl methyl sites for hydroxylation is 2. The molecule has 0 aliphatic heterocycles. The zero-order valence-corrected chi connectivity index (χ0v) is 14.3. The SMILES string of the molecule is Cc1cc2nc3s/c(=C/c4ccccc4[N+](=O)[O-])c(=O)n3c2cc1C. The molecule has 6 nitrogen and oxygen atoms in total. The standard InChI is InChI=1S/C18H13N3O3S/c1-10-7-13-15(8-11(10)2)20-17(22)16(25-18(20)19-13)9-12-5-3-4-6-14(12)21(23)24/h3-9H,1-2H3/b16-9+. The molecule has 0 aliphatic carbocycles. The van der Waals surface area contributed by atoms with Crippen LogP contribution in [0.5, 0.6) is 0 Å². The highest BCUT2D eigenvalue weighted by Crippen LogP contribution is 2.21. The maximum atomic E-state index is 12.8. The van der Waals surface area contributed by atoms with Gasteiger partial charge >= 0.3 is 0 Å². The summed E-state index contributed by atoms with van der Waals surface area (Å²) in [6.45, 7) is 4.00. The number of nitro groups is 1. The number of imidazole rings is 1. The summed E-state index contributed by atoms with van der Waals surface area (Å²) in [5.74, 6) is 0. The molecule has 0 spiro atoms. The van der Waals surface area contributed by atoms with Crippen molar-refractivity contribution in [3.63, 3.8) is 0 Å². The molecule has 2 aromatic heterocycles. The van der Waals surface area contributed by atoms with Gasteiger partial charge in [0.05, 0.1) is 26.1 Å². The summed E-state index contributed by atoms with van der Waals surface area (Å²) in [4.78, 5) is 28.6. The summed E-state index contributed by atoms with van der Waals surface area (Å²) in [5.41, 5.74) is 3.94. The summed E-state index contributed by atoms with van der Waals surface area (Å²) in [5, 5.41) is 11.2. The Bertz CT molecular complexity index is 1270. The fourth-order valence-electron chi connectivity index (χ4n) is 2.84. The van der Waals surface area contributed by atoms with E-state index in [1.165, 1.54) is 17.4 Å². The number of nitrogens with zero attached hydrogens (tertiary/aromatic N) is 3. The number of thiazole rings is 1. The molecule has 0 unspecified atom stereocenters. The Kier molecular flexibility index (Phi) is 3.40. The molecule has 0 amide bonds. The molecule has 4 rings (SSSR count). The third kappa shape index (κ3) is 2.40. The van der Waals surface area contributed by atoms with Gasteiger partial charge in [-0.15, -0.1) is 0 Å². The first kappa shape index (κ1) is 15.5. The summed E-state index contributed by atoms with van der Waals surface area (Å²) < 4.78 is 2.00. The van der Waals surface area contributed by atoms with Crippen LogP contribution in [-0.2, 0) is 0 Å². The van der Waals surface area contributed by atoms with Gasteiger partial charge in [-0.25, -0.2) is 9.38 Å². The second-order valence-corrected chi connectivity index (χ2v) is 6.90. The molecule has 25 heavy (non-hydrogen) atoms. The molecule has 0 atom stereocenters. The van der Waals surface area contributed by atoms with Crippen LogP contribution in [0.25, 0.3) is 22.1 Å².